The lowest BCUT2D eigenvalue weighted by molar-refractivity contribution is 0.956. The van der Waals surface area contributed by atoms with Crippen molar-refractivity contribution in [2.45, 2.75) is 6.92 Å². The maximum Gasteiger partial charge on any atom is 0.155 e. The highest BCUT2D eigenvalue weighted by atomic mass is 15.3. The first-order chi connectivity index (χ1) is 6.84. The number of benzene rings is 1. The highest BCUT2D eigenvalue weighted by Crippen LogP contribution is 2.14. The van der Waals surface area contributed by atoms with Crippen LogP contribution in [0, 0.1) is 6.92 Å². The molecule has 0 bridgehead atoms. The molecule has 0 fully saturated rings. The van der Waals surface area contributed by atoms with Gasteiger partial charge in [-0.15, -0.1) is 0 Å². The largest absolute Gasteiger partial charge is 0.236 e. The Hall–Kier alpha value is -1.90. The second-order valence-corrected chi connectivity index (χ2v) is 3.37. The van der Waals surface area contributed by atoms with Gasteiger partial charge in [0.15, 0.2) is 5.65 Å². The van der Waals surface area contributed by atoms with Crippen LogP contribution < -0.4 is 0 Å². The van der Waals surface area contributed by atoms with Crippen molar-refractivity contribution >= 4 is 16.6 Å². The van der Waals surface area contributed by atoms with Crippen LogP contribution in [-0.4, -0.2) is 14.6 Å². The van der Waals surface area contributed by atoms with Gasteiger partial charge in [0.25, 0.3) is 0 Å². The third-order valence-electron chi connectivity index (χ3n) is 2.31. The Labute approximate surface area is 81.0 Å². The maximum absolute atomic E-state index is 4.40. The van der Waals surface area contributed by atoms with E-state index in [1.54, 1.807) is 0 Å². The fourth-order valence-corrected chi connectivity index (χ4v) is 1.68. The van der Waals surface area contributed by atoms with Crippen molar-refractivity contribution in [1.29, 1.82) is 0 Å². The summed E-state index contributed by atoms with van der Waals surface area (Å²) in [6, 6.07) is 10.1. The zero-order chi connectivity index (χ0) is 9.54. The van der Waals surface area contributed by atoms with Crippen molar-refractivity contribution in [2.24, 2.45) is 0 Å². The smallest absolute Gasteiger partial charge is 0.155 e. The van der Waals surface area contributed by atoms with E-state index in [1.165, 1.54) is 0 Å². The highest BCUT2D eigenvalue weighted by molar-refractivity contribution is 5.80. The fraction of sp³-hybridized carbons (Fsp3) is 0.0909. The van der Waals surface area contributed by atoms with E-state index in [-0.39, 0.29) is 0 Å². The maximum atomic E-state index is 4.40. The SMILES string of the molecule is Cc1cc2ncc3ccccc3n2n1. The first kappa shape index (κ1) is 7.50. The van der Waals surface area contributed by atoms with Gasteiger partial charge in [0, 0.05) is 17.6 Å². The monoisotopic (exact) mass is 183 g/mol. The van der Waals surface area contributed by atoms with E-state index in [1.807, 2.05) is 41.9 Å². The average Bonchev–Trinajstić information content (AvgIpc) is 2.59. The zero-order valence-electron chi connectivity index (χ0n) is 7.81. The quantitative estimate of drug-likeness (QED) is 0.534. The zero-order valence-corrected chi connectivity index (χ0v) is 7.81. The number of hydrogen-bond acceptors (Lipinski definition) is 2. The van der Waals surface area contributed by atoms with Gasteiger partial charge in [-0.1, -0.05) is 18.2 Å². The molecule has 14 heavy (non-hydrogen) atoms. The molecule has 2 aromatic heterocycles. The van der Waals surface area contributed by atoms with E-state index in [4.69, 9.17) is 0 Å². The van der Waals surface area contributed by atoms with Gasteiger partial charge in [-0.05, 0) is 13.0 Å². The summed E-state index contributed by atoms with van der Waals surface area (Å²) in [5, 5.41) is 5.51. The number of hydrogen-bond donors (Lipinski definition) is 0. The Bertz CT molecular complexity index is 610. The van der Waals surface area contributed by atoms with Gasteiger partial charge < -0.3 is 0 Å². The minimum atomic E-state index is 0.904. The molecule has 0 aliphatic carbocycles. The lowest BCUT2D eigenvalue weighted by Gasteiger charge is -1.98. The Morgan fingerprint density at radius 3 is 3.00 bits per heavy atom. The van der Waals surface area contributed by atoms with Gasteiger partial charge in [-0.25, -0.2) is 9.50 Å². The standard InChI is InChI=1S/C11H9N3/c1-8-6-11-12-7-9-4-2-3-5-10(9)14(11)13-8/h2-7H,1H3. The molecule has 0 aliphatic heterocycles. The third kappa shape index (κ3) is 0.923. The molecule has 0 saturated heterocycles. The molecule has 68 valence electrons. The van der Waals surface area contributed by atoms with Crippen molar-refractivity contribution < 1.29 is 0 Å². The molecule has 3 rings (SSSR count). The first-order valence-electron chi connectivity index (χ1n) is 4.55. The molecular weight excluding hydrogens is 174 g/mol. The molecule has 0 N–H and O–H groups in total. The number of fused-ring (bicyclic) bond motifs is 3. The summed E-state index contributed by atoms with van der Waals surface area (Å²) in [4.78, 5) is 4.33. The molecule has 3 aromatic rings. The first-order valence-corrected chi connectivity index (χ1v) is 4.55. The second kappa shape index (κ2) is 2.54. The Kier molecular flexibility index (Phi) is 1.36. The van der Waals surface area contributed by atoms with E-state index in [2.05, 4.69) is 16.1 Å². The van der Waals surface area contributed by atoms with Gasteiger partial charge >= 0.3 is 0 Å². The van der Waals surface area contributed by atoms with Crippen molar-refractivity contribution in [3.8, 4) is 0 Å². The van der Waals surface area contributed by atoms with Crippen LogP contribution in [0.4, 0.5) is 0 Å². The van der Waals surface area contributed by atoms with Gasteiger partial charge in [0.1, 0.15) is 0 Å². The van der Waals surface area contributed by atoms with E-state index < -0.39 is 0 Å². The molecule has 0 atom stereocenters. The van der Waals surface area contributed by atoms with Crippen molar-refractivity contribution in [3.63, 3.8) is 0 Å². The van der Waals surface area contributed by atoms with Crippen LogP contribution in [0.3, 0.4) is 0 Å². The minimum absolute atomic E-state index is 0.904. The number of rotatable bonds is 0. The number of nitrogens with zero attached hydrogens (tertiary/aromatic N) is 3. The topological polar surface area (TPSA) is 30.2 Å². The predicted molar refractivity (Wildman–Crippen MR) is 55.2 cm³/mol. The normalized spacial score (nSPS) is 11.2. The van der Waals surface area contributed by atoms with Gasteiger partial charge in [0.05, 0.1) is 11.2 Å². The van der Waals surface area contributed by atoms with Crippen LogP contribution in [0.5, 0.6) is 0 Å². The van der Waals surface area contributed by atoms with Gasteiger partial charge in [0.2, 0.25) is 0 Å². The van der Waals surface area contributed by atoms with Crippen LogP contribution in [0.1, 0.15) is 5.69 Å². The molecule has 0 unspecified atom stereocenters. The third-order valence-corrected chi connectivity index (χ3v) is 2.31. The minimum Gasteiger partial charge on any atom is -0.236 e. The molecule has 2 heterocycles. The molecule has 0 saturated carbocycles. The summed E-state index contributed by atoms with van der Waals surface area (Å²) in [6.07, 6.45) is 1.88. The van der Waals surface area contributed by atoms with Crippen molar-refractivity contribution in [1.82, 2.24) is 14.6 Å². The molecule has 3 heteroatoms. The molecule has 0 spiro atoms. The molecule has 1 aromatic carbocycles. The highest BCUT2D eigenvalue weighted by Gasteiger charge is 2.02. The lowest BCUT2D eigenvalue weighted by Crippen LogP contribution is -1.91. The number of aryl methyl sites for hydroxylation is 1. The summed E-state index contributed by atoms with van der Waals surface area (Å²) in [6.45, 7) is 1.98. The predicted octanol–water partition coefficient (Wildman–Crippen LogP) is 2.19. The lowest BCUT2D eigenvalue weighted by atomic mass is 10.2. The van der Waals surface area contributed by atoms with Crippen LogP contribution in [0.15, 0.2) is 36.5 Å². The molecule has 0 amide bonds. The van der Waals surface area contributed by atoms with E-state index in [9.17, 15) is 0 Å². The van der Waals surface area contributed by atoms with Crippen LogP contribution >= 0.6 is 0 Å². The second-order valence-electron chi connectivity index (χ2n) is 3.37. The van der Waals surface area contributed by atoms with Crippen LogP contribution in [0.2, 0.25) is 0 Å². The summed E-state index contributed by atoms with van der Waals surface area (Å²) in [5.41, 5.74) is 3.00. The number of para-hydroxylation sites is 1. The van der Waals surface area contributed by atoms with Crippen LogP contribution in [0.25, 0.3) is 16.6 Å². The van der Waals surface area contributed by atoms with E-state index in [0.717, 1.165) is 22.2 Å². The van der Waals surface area contributed by atoms with Gasteiger partial charge in [-0.2, -0.15) is 5.10 Å². The number of aromatic nitrogens is 3. The van der Waals surface area contributed by atoms with Crippen LogP contribution in [-0.2, 0) is 0 Å². The van der Waals surface area contributed by atoms with E-state index >= 15 is 0 Å². The Morgan fingerprint density at radius 2 is 2.07 bits per heavy atom. The summed E-state index contributed by atoms with van der Waals surface area (Å²) in [5.74, 6) is 0. The Morgan fingerprint density at radius 1 is 1.21 bits per heavy atom. The average molecular weight is 183 g/mol. The van der Waals surface area contributed by atoms with E-state index in [0.29, 0.717) is 0 Å². The molecule has 0 aliphatic rings. The molecular formula is C11H9N3. The molecule has 0 radical (unpaired) electrons. The fourth-order valence-electron chi connectivity index (χ4n) is 1.68. The Balaban J connectivity index is 2.60. The van der Waals surface area contributed by atoms with Gasteiger partial charge in [-0.3, -0.25) is 0 Å². The summed E-state index contributed by atoms with van der Waals surface area (Å²) in [7, 11) is 0. The molecule has 3 nitrogen and oxygen atoms in total. The summed E-state index contributed by atoms with van der Waals surface area (Å²) < 4.78 is 1.88. The summed E-state index contributed by atoms with van der Waals surface area (Å²) >= 11 is 0. The van der Waals surface area contributed by atoms with Crippen molar-refractivity contribution in [3.05, 3.63) is 42.2 Å². The van der Waals surface area contributed by atoms with Crippen molar-refractivity contribution in [2.75, 3.05) is 0 Å².